The van der Waals surface area contributed by atoms with E-state index in [0.29, 0.717) is 19.8 Å². The number of anilines is 1. The summed E-state index contributed by atoms with van der Waals surface area (Å²) in [5.74, 6) is 3.15. The van der Waals surface area contributed by atoms with Crippen molar-refractivity contribution in [2.24, 2.45) is 0 Å². The standard InChI is InChI=1S/C24H24INO3/c1-3-14-28-24-22(25)15-18(16-23(24)27-4-2)17-26-19-10-12-21(13-11-19)29-20-8-6-5-7-9-20/h3,5-13,15-16,26H,1,4,14,17H2,2H3. The molecule has 0 saturated heterocycles. The molecule has 0 aliphatic heterocycles. The molecule has 0 atom stereocenters. The van der Waals surface area contributed by atoms with Crippen LogP contribution in [0.1, 0.15) is 12.5 Å². The minimum Gasteiger partial charge on any atom is -0.490 e. The van der Waals surface area contributed by atoms with E-state index in [-0.39, 0.29) is 0 Å². The van der Waals surface area contributed by atoms with Gasteiger partial charge < -0.3 is 19.5 Å². The molecule has 0 radical (unpaired) electrons. The average Bonchev–Trinajstić information content (AvgIpc) is 2.74. The second-order valence-electron chi connectivity index (χ2n) is 6.23. The van der Waals surface area contributed by atoms with Crippen molar-refractivity contribution in [1.29, 1.82) is 0 Å². The Morgan fingerprint density at radius 2 is 1.69 bits per heavy atom. The van der Waals surface area contributed by atoms with Crippen LogP contribution in [0.4, 0.5) is 5.69 Å². The van der Waals surface area contributed by atoms with Crippen LogP contribution < -0.4 is 19.5 Å². The van der Waals surface area contributed by atoms with Crippen molar-refractivity contribution < 1.29 is 14.2 Å². The van der Waals surface area contributed by atoms with E-state index in [4.69, 9.17) is 14.2 Å². The van der Waals surface area contributed by atoms with Crippen molar-refractivity contribution in [3.63, 3.8) is 0 Å². The van der Waals surface area contributed by atoms with Gasteiger partial charge in [-0.05, 0) is 83.6 Å². The van der Waals surface area contributed by atoms with Crippen molar-refractivity contribution >= 4 is 28.3 Å². The molecule has 0 aliphatic rings. The Hall–Kier alpha value is -2.67. The summed E-state index contributed by atoms with van der Waals surface area (Å²) < 4.78 is 18.4. The first-order valence-electron chi connectivity index (χ1n) is 9.45. The zero-order valence-electron chi connectivity index (χ0n) is 16.4. The van der Waals surface area contributed by atoms with Gasteiger partial charge in [0, 0.05) is 12.2 Å². The molecule has 0 heterocycles. The van der Waals surface area contributed by atoms with Crippen molar-refractivity contribution in [2.75, 3.05) is 18.5 Å². The van der Waals surface area contributed by atoms with Gasteiger partial charge >= 0.3 is 0 Å². The van der Waals surface area contributed by atoms with Gasteiger partial charge in [-0.15, -0.1) is 0 Å². The summed E-state index contributed by atoms with van der Waals surface area (Å²) in [5.41, 5.74) is 2.14. The second kappa shape index (κ2) is 10.8. The average molecular weight is 501 g/mol. The molecule has 0 saturated carbocycles. The third-order valence-electron chi connectivity index (χ3n) is 4.04. The molecule has 0 spiro atoms. The van der Waals surface area contributed by atoms with E-state index >= 15 is 0 Å². The summed E-state index contributed by atoms with van der Waals surface area (Å²) in [6, 6.07) is 21.8. The van der Waals surface area contributed by atoms with Crippen LogP contribution in [0, 0.1) is 3.57 Å². The molecule has 0 unspecified atom stereocenters. The van der Waals surface area contributed by atoms with Crippen LogP contribution in [-0.4, -0.2) is 13.2 Å². The van der Waals surface area contributed by atoms with E-state index in [9.17, 15) is 0 Å². The van der Waals surface area contributed by atoms with Crippen LogP contribution in [0.5, 0.6) is 23.0 Å². The lowest BCUT2D eigenvalue weighted by molar-refractivity contribution is 0.295. The Kier molecular flexibility index (Phi) is 7.81. The van der Waals surface area contributed by atoms with Gasteiger partial charge in [-0.3, -0.25) is 0 Å². The molecular weight excluding hydrogens is 477 g/mol. The van der Waals surface area contributed by atoms with E-state index in [1.165, 1.54) is 0 Å². The van der Waals surface area contributed by atoms with Crippen molar-refractivity contribution in [3.8, 4) is 23.0 Å². The van der Waals surface area contributed by atoms with Gasteiger partial charge in [0.1, 0.15) is 18.1 Å². The molecule has 3 aromatic carbocycles. The van der Waals surface area contributed by atoms with Gasteiger partial charge in [0.15, 0.2) is 11.5 Å². The predicted molar refractivity (Wildman–Crippen MR) is 126 cm³/mol. The topological polar surface area (TPSA) is 39.7 Å². The van der Waals surface area contributed by atoms with Gasteiger partial charge in [-0.1, -0.05) is 30.9 Å². The first-order valence-corrected chi connectivity index (χ1v) is 10.5. The number of hydrogen-bond donors (Lipinski definition) is 1. The van der Waals surface area contributed by atoms with Crippen LogP contribution in [0.2, 0.25) is 0 Å². The minimum atomic E-state index is 0.449. The van der Waals surface area contributed by atoms with Gasteiger partial charge in [0.05, 0.1) is 10.2 Å². The third-order valence-corrected chi connectivity index (χ3v) is 4.85. The van der Waals surface area contributed by atoms with E-state index in [2.05, 4.69) is 40.6 Å². The highest BCUT2D eigenvalue weighted by Crippen LogP contribution is 2.34. The Balaban J connectivity index is 1.65. The quantitative estimate of drug-likeness (QED) is 0.249. The van der Waals surface area contributed by atoms with Crippen LogP contribution >= 0.6 is 22.6 Å². The van der Waals surface area contributed by atoms with Crippen molar-refractivity contribution in [2.45, 2.75) is 13.5 Å². The summed E-state index contributed by atoms with van der Waals surface area (Å²) in [5, 5.41) is 3.44. The maximum Gasteiger partial charge on any atom is 0.174 e. The van der Waals surface area contributed by atoms with Gasteiger partial charge in [-0.2, -0.15) is 0 Å². The Bertz CT molecular complexity index is 927. The number of hydrogen-bond acceptors (Lipinski definition) is 4. The zero-order chi connectivity index (χ0) is 20.5. The monoisotopic (exact) mass is 501 g/mol. The molecule has 29 heavy (non-hydrogen) atoms. The summed E-state index contributed by atoms with van der Waals surface area (Å²) in [4.78, 5) is 0. The lowest BCUT2D eigenvalue weighted by atomic mass is 10.2. The molecule has 0 aromatic heterocycles. The molecular formula is C24H24INO3. The maximum atomic E-state index is 5.83. The Morgan fingerprint density at radius 1 is 0.966 bits per heavy atom. The van der Waals surface area contributed by atoms with E-state index in [0.717, 1.165) is 37.8 Å². The molecule has 0 bridgehead atoms. The molecule has 150 valence electrons. The van der Waals surface area contributed by atoms with Crippen LogP contribution in [0.15, 0.2) is 79.4 Å². The number of benzene rings is 3. The zero-order valence-corrected chi connectivity index (χ0v) is 18.5. The summed E-state index contributed by atoms with van der Waals surface area (Å²) in [6.45, 7) is 7.38. The number of ether oxygens (including phenoxy) is 3. The molecule has 5 heteroatoms. The van der Waals surface area contributed by atoms with Crippen LogP contribution in [0.25, 0.3) is 0 Å². The Morgan fingerprint density at radius 3 is 2.38 bits per heavy atom. The first kappa shape index (κ1) is 21.0. The molecule has 0 amide bonds. The van der Waals surface area contributed by atoms with Gasteiger partial charge in [-0.25, -0.2) is 0 Å². The van der Waals surface area contributed by atoms with Crippen molar-refractivity contribution in [3.05, 3.63) is 88.5 Å². The maximum absolute atomic E-state index is 5.83. The van der Waals surface area contributed by atoms with Crippen LogP contribution in [-0.2, 0) is 6.54 Å². The normalized spacial score (nSPS) is 10.3. The highest BCUT2D eigenvalue weighted by Gasteiger charge is 2.12. The fraction of sp³-hybridized carbons (Fsp3) is 0.167. The van der Waals surface area contributed by atoms with Gasteiger partial charge in [0.2, 0.25) is 0 Å². The lowest BCUT2D eigenvalue weighted by Crippen LogP contribution is -2.04. The molecule has 0 fully saturated rings. The lowest BCUT2D eigenvalue weighted by Gasteiger charge is -2.15. The highest BCUT2D eigenvalue weighted by atomic mass is 127. The van der Waals surface area contributed by atoms with Crippen molar-refractivity contribution in [1.82, 2.24) is 0 Å². The first-order chi connectivity index (χ1) is 14.2. The highest BCUT2D eigenvalue weighted by molar-refractivity contribution is 14.1. The predicted octanol–water partition coefficient (Wildman–Crippen LogP) is 6.66. The molecule has 3 rings (SSSR count). The fourth-order valence-electron chi connectivity index (χ4n) is 2.74. The molecule has 1 N–H and O–H groups in total. The smallest absolute Gasteiger partial charge is 0.174 e. The SMILES string of the molecule is C=CCOc1c(I)cc(CNc2ccc(Oc3ccccc3)cc2)cc1OCC. The Labute approximate surface area is 185 Å². The minimum absolute atomic E-state index is 0.449. The van der Waals surface area contributed by atoms with E-state index < -0.39 is 0 Å². The van der Waals surface area contributed by atoms with E-state index in [1.807, 2.05) is 67.6 Å². The molecule has 3 aromatic rings. The molecule has 4 nitrogen and oxygen atoms in total. The second-order valence-corrected chi connectivity index (χ2v) is 7.39. The van der Waals surface area contributed by atoms with Crippen LogP contribution in [0.3, 0.4) is 0 Å². The number of nitrogens with one attached hydrogen (secondary N) is 1. The molecule has 0 aliphatic carbocycles. The fourth-order valence-corrected chi connectivity index (χ4v) is 3.56. The third kappa shape index (κ3) is 6.15. The number of rotatable bonds is 10. The largest absolute Gasteiger partial charge is 0.490 e. The number of halogens is 1. The summed E-state index contributed by atoms with van der Waals surface area (Å²) in [6.07, 6.45) is 1.73. The number of para-hydroxylation sites is 1. The van der Waals surface area contributed by atoms with E-state index in [1.54, 1.807) is 6.08 Å². The summed E-state index contributed by atoms with van der Waals surface area (Å²) >= 11 is 2.28. The summed E-state index contributed by atoms with van der Waals surface area (Å²) in [7, 11) is 0. The van der Waals surface area contributed by atoms with Gasteiger partial charge in [0.25, 0.3) is 0 Å².